The largest absolute Gasteiger partial charge is 0.508 e. The van der Waals surface area contributed by atoms with E-state index in [0.717, 1.165) is 23.8 Å². The van der Waals surface area contributed by atoms with Gasteiger partial charge in [0.1, 0.15) is 56.3 Å². The van der Waals surface area contributed by atoms with Crippen molar-refractivity contribution >= 4 is 43.9 Å². The van der Waals surface area contributed by atoms with E-state index in [0.29, 0.717) is 12.0 Å². The summed E-state index contributed by atoms with van der Waals surface area (Å²) in [6, 6.07) is 5.75. The van der Waals surface area contributed by atoms with E-state index in [-0.39, 0.29) is 77.8 Å². The van der Waals surface area contributed by atoms with Crippen molar-refractivity contribution in [3.05, 3.63) is 84.7 Å². The second kappa shape index (κ2) is 9.37. The lowest BCUT2D eigenvalue weighted by Crippen LogP contribution is -2.33. The van der Waals surface area contributed by atoms with Crippen LogP contribution >= 0.6 is 0 Å². The summed E-state index contributed by atoms with van der Waals surface area (Å²) in [7, 11) is 0. The molecule has 0 fully saturated rings. The van der Waals surface area contributed by atoms with Gasteiger partial charge in [-0.25, -0.2) is 0 Å². The fourth-order valence-electron chi connectivity index (χ4n) is 8.60. The third-order valence-electron chi connectivity index (χ3n) is 10.3. The topological polar surface area (TPSA) is 202 Å². The maximum atomic E-state index is 14.4. The van der Waals surface area contributed by atoms with Gasteiger partial charge in [0.25, 0.3) is 0 Å². The SMILES string of the molecule is CC1=CC2c3c(c(O)c(O)c4oc5cc(O)cc(O)c5c(=O)c34)C(c3cc(O)c(C)c4oc5cc(O)cc(O)c5c(=O)c34)C2C(C)(C)C1. The average Bonchev–Trinajstić information content (AvgIpc) is 3.32. The zero-order valence-corrected chi connectivity index (χ0v) is 26.2. The molecule has 7 N–H and O–H groups in total. The second-order valence-electron chi connectivity index (χ2n) is 13.8. The van der Waals surface area contributed by atoms with E-state index in [1.807, 2.05) is 26.8 Å². The summed E-state index contributed by atoms with van der Waals surface area (Å²) in [5.41, 5.74) is -0.620. The van der Waals surface area contributed by atoms with Crippen LogP contribution in [0, 0.1) is 18.3 Å². The molecule has 48 heavy (non-hydrogen) atoms. The van der Waals surface area contributed by atoms with Crippen LogP contribution in [0.1, 0.15) is 61.3 Å². The Morgan fingerprint density at radius 2 is 1.23 bits per heavy atom. The van der Waals surface area contributed by atoms with Crippen molar-refractivity contribution in [3.8, 4) is 40.2 Å². The Morgan fingerprint density at radius 3 is 1.83 bits per heavy atom. The Morgan fingerprint density at radius 1 is 0.667 bits per heavy atom. The predicted octanol–water partition coefficient (Wildman–Crippen LogP) is 6.67. The number of aromatic hydroxyl groups is 7. The van der Waals surface area contributed by atoms with Gasteiger partial charge in [0.05, 0.1) is 10.8 Å². The fraction of sp³-hybridized carbons (Fsp3) is 0.243. The highest BCUT2D eigenvalue weighted by atomic mass is 16.4. The molecule has 0 amide bonds. The number of rotatable bonds is 1. The molecule has 0 bridgehead atoms. The van der Waals surface area contributed by atoms with Gasteiger partial charge < -0.3 is 44.6 Å². The van der Waals surface area contributed by atoms with Crippen molar-refractivity contribution in [2.24, 2.45) is 11.3 Å². The lowest BCUT2D eigenvalue weighted by atomic mass is 9.61. The number of allylic oxidation sites excluding steroid dienone is 2. The number of aryl methyl sites for hydroxylation is 1. The van der Waals surface area contributed by atoms with Crippen molar-refractivity contribution in [2.45, 2.75) is 46.0 Å². The highest BCUT2D eigenvalue weighted by molar-refractivity contribution is 6.02. The summed E-state index contributed by atoms with van der Waals surface area (Å²) in [4.78, 5) is 28.7. The van der Waals surface area contributed by atoms with Crippen molar-refractivity contribution in [1.29, 1.82) is 0 Å². The van der Waals surface area contributed by atoms with E-state index < -0.39 is 57.0 Å². The number of benzene rings is 4. The Hall–Kier alpha value is -5.84. The molecule has 0 aliphatic heterocycles. The molecule has 2 heterocycles. The smallest absolute Gasteiger partial charge is 0.204 e. The molecule has 2 aromatic heterocycles. The normalized spacial score (nSPS) is 20.0. The molecule has 11 nitrogen and oxygen atoms in total. The van der Waals surface area contributed by atoms with Crippen LogP contribution in [0.4, 0.5) is 0 Å². The Bertz CT molecular complexity index is 2620. The van der Waals surface area contributed by atoms with Crippen molar-refractivity contribution in [1.82, 2.24) is 0 Å². The molecule has 0 saturated heterocycles. The van der Waals surface area contributed by atoms with Gasteiger partial charge in [0, 0.05) is 47.2 Å². The highest BCUT2D eigenvalue weighted by Crippen LogP contribution is 2.66. The molecule has 0 saturated carbocycles. The van der Waals surface area contributed by atoms with Crippen molar-refractivity contribution in [2.75, 3.05) is 0 Å². The minimum absolute atomic E-state index is 0.00224. The Kier molecular flexibility index (Phi) is 5.77. The van der Waals surface area contributed by atoms with E-state index >= 15 is 0 Å². The van der Waals surface area contributed by atoms with E-state index in [1.165, 1.54) is 12.1 Å². The minimum atomic E-state index is -0.920. The van der Waals surface area contributed by atoms with Crippen molar-refractivity contribution in [3.63, 3.8) is 0 Å². The molecule has 0 radical (unpaired) electrons. The van der Waals surface area contributed by atoms with Crippen LogP contribution in [-0.2, 0) is 0 Å². The average molecular weight is 651 g/mol. The molecule has 3 atom stereocenters. The van der Waals surface area contributed by atoms with Gasteiger partial charge in [-0.1, -0.05) is 25.5 Å². The van der Waals surface area contributed by atoms with Crippen LogP contribution in [0.3, 0.4) is 0 Å². The Labute approximate surface area is 270 Å². The molecule has 6 aromatic rings. The summed E-state index contributed by atoms with van der Waals surface area (Å²) in [6.45, 7) is 7.55. The quantitative estimate of drug-likeness (QED) is 0.0569. The first-order chi connectivity index (χ1) is 22.6. The zero-order chi connectivity index (χ0) is 34.3. The lowest BCUT2D eigenvalue weighted by molar-refractivity contribution is 0.173. The van der Waals surface area contributed by atoms with Crippen LogP contribution in [0.15, 0.2) is 60.4 Å². The van der Waals surface area contributed by atoms with Gasteiger partial charge in [0.15, 0.2) is 11.3 Å². The first kappa shape index (κ1) is 29.6. The standard InChI is InChI=1S/C37H30O11/c1-12-5-17-23-28(33(45)34(46)36-29(23)32(44)27-20(42)7-15(39)9-22(27)48-36)24(30(17)37(3,4)11-12)16-10-18(40)13(2)35-25(16)31(43)26-19(41)6-14(38)8-21(26)47-35/h5-10,17,24,30,38-42,45-46H,11H2,1-4H3. The summed E-state index contributed by atoms with van der Waals surface area (Å²) in [5.74, 6) is -5.29. The van der Waals surface area contributed by atoms with E-state index in [9.17, 15) is 45.3 Å². The van der Waals surface area contributed by atoms with Gasteiger partial charge in [-0.15, -0.1) is 0 Å². The highest BCUT2D eigenvalue weighted by Gasteiger charge is 2.53. The maximum Gasteiger partial charge on any atom is 0.204 e. The third kappa shape index (κ3) is 3.69. The summed E-state index contributed by atoms with van der Waals surface area (Å²) < 4.78 is 12.0. The van der Waals surface area contributed by atoms with Gasteiger partial charge in [-0.3, -0.25) is 9.59 Å². The van der Waals surface area contributed by atoms with Crippen LogP contribution in [-0.4, -0.2) is 35.7 Å². The number of phenolic OH excluding ortho intramolecular Hbond substituents is 7. The number of phenols is 7. The number of hydrogen-bond acceptors (Lipinski definition) is 11. The van der Waals surface area contributed by atoms with Crippen molar-refractivity contribution < 1.29 is 44.6 Å². The van der Waals surface area contributed by atoms with Gasteiger partial charge in [-0.05, 0) is 48.8 Å². The molecule has 2 aliphatic carbocycles. The summed E-state index contributed by atoms with van der Waals surface area (Å²) in [5, 5.41) is 75.8. The van der Waals surface area contributed by atoms with E-state index in [2.05, 4.69) is 0 Å². The van der Waals surface area contributed by atoms with Crippen LogP contribution in [0.5, 0.6) is 40.2 Å². The third-order valence-corrected chi connectivity index (χ3v) is 10.3. The first-order valence-corrected chi connectivity index (χ1v) is 15.3. The van der Waals surface area contributed by atoms with E-state index in [4.69, 9.17) is 8.83 Å². The van der Waals surface area contributed by atoms with Gasteiger partial charge >= 0.3 is 0 Å². The lowest BCUT2D eigenvalue weighted by Gasteiger charge is -2.43. The number of hydrogen-bond donors (Lipinski definition) is 7. The molecule has 2 aliphatic rings. The monoisotopic (exact) mass is 650 g/mol. The summed E-state index contributed by atoms with van der Waals surface area (Å²) >= 11 is 0. The van der Waals surface area contributed by atoms with Crippen LogP contribution < -0.4 is 10.9 Å². The molecule has 0 spiro atoms. The Balaban J connectivity index is 1.59. The van der Waals surface area contributed by atoms with Crippen LogP contribution in [0.2, 0.25) is 0 Å². The predicted molar refractivity (Wildman–Crippen MR) is 177 cm³/mol. The van der Waals surface area contributed by atoms with E-state index in [1.54, 1.807) is 6.92 Å². The molecule has 4 aromatic carbocycles. The molecule has 11 heteroatoms. The molecular formula is C37H30O11. The van der Waals surface area contributed by atoms with Crippen LogP contribution in [0.25, 0.3) is 43.9 Å². The fourth-order valence-corrected chi connectivity index (χ4v) is 8.60. The minimum Gasteiger partial charge on any atom is -0.508 e. The first-order valence-electron chi connectivity index (χ1n) is 15.3. The second-order valence-corrected chi connectivity index (χ2v) is 13.8. The molecule has 8 rings (SSSR count). The molecular weight excluding hydrogens is 620 g/mol. The van der Waals surface area contributed by atoms with Gasteiger partial charge in [-0.2, -0.15) is 0 Å². The summed E-state index contributed by atoms with van der Waals surface area (Å²) in [6.07, 6.45) is 2.59. The van der Waals surface area contributed by atoms with Gasteiger partial charge in [0.2, 0.25) is 16.6 Å². The zero-order valence-electron chi connectivity index (χ0n) is 26.2. The molecule has 244 valence electrons. The molecule has 3 unspecified atom stereocenters. The number of fused-ring (bicyclic) bond motifs is 8. The maximum absolute atomic E-state index is 14.4.